The van der Waals surface area contributed by atoms with Crippen LogP contribution in [0.2, 0.25) is 0 Å². The van der Waals surface area contributed by atoms with Gasteiger partial charge in [0.15, 0.2) is 6.29 Å². The first-order valence-electron chi connectivity index (χ1n) is 5.74. The molecule has 0 amide bonds. The number of aromatic nitrogens is 3. The fourth-order valence-electron chi connectivity index (χ4n) is 2.14. The van der Waals surface area contributed by atoms with Crippen molar-refractivity contribution in [3.63, 3.8) is 0 Å². The van der Waals surface area contributed by atoms with Gasteiger partial charge in [-0.3, -0.25) is 4.79 Å². The maximum atomic E-state index is 10.9. The van der Waals surface area contributed by atoms with Crippen molar-refractivity contribution >= 4 is 6.29 Å². The lowest BCUT2D eigenvalue weighted by atomic mass is 10.3. The fraction of sp³-hybridized carbons (Fsp3) is 0.385. The minimum Gasteiger partial charge on any atom is -0.303 e. The van der Waals surface area contributed by atoms with Crippen LogP contribution in [0.25, 0.3) is 5.82 Å². The Hall–Kier alpha value is -1.84. The number of carbonyl (C=O) groups is 1. The van der Waals surface area contributed by atoms with Crippen molar-refractivity contribution < 1.29 is 4.79 Å². The second-order valence-corrected chi connectivity index (χ2v) is 4.51. The molecule has 0 aromatic carbocycles. The molecular formula is C13H17N3O. The second kappa shape index (κ2) is 4.20. The van der Waals surface area contributed by atoms with Gasteiger partial charge in [-0.2, -0.15) is 5.10 Å². The van der Waals surface area contributed by atoms with Crippen molar-refractivity contribution in [2.45, 2.75) is 33.7 Å². The molecule has 4 heteroatoms. The van der Waals surface area contributed by atoms with E-state index in [9.17, 15) is 4.79 Å². The van der Waals surface area contributed by atoms with Crippen molar-refractivity contribution in [1.29, 1.82) is 0 Å². The topological polar surface area (TPSA) is 39.8 Å². The van der Waals surface area contributed by atoms with Gasteiger partial charge in [-0.25, -0.2) is 4.68 Å². The van der Waals surface area contributed by atoms with Crippen molar-refractivity contribution in [2.75, 3.05) is 0 Å². The summed E-state index contributed by atoms with van der Waals surface area (Å²) in [5, 5.41) is 4.32. The summed E-state index contributed by atoms with van der Waals surface area (Å²) in [7, 11) is 0. The highest BCUT2D eigenvalue weighted by molar-refractivity contribution is 5.77. The molecule has 0 spiro atoms. The molecule has 0 bridgehead atoms. The number of aldehydes is 1. The molecule has 0 unspecified atom stereocenters. The van der Waals surface area contributed by atoms with Gasteiger partial charge in [0.1, 0.15) is 5.82 Å². The number of hydrogen-bond acceptors (Lipinski definition) is 2. The summed E-state index contributed by atoms with van der Waals surface area (Å²) in [5.74, 6) is 1.00. The van der Waals surface area contributed by atoms with Crippen LogP contribution < -0.4 is 0 Å². The van der Waals surface area contributed by atoms with Crippen molar-refractivity contribution in [3.8, 4) is 5.82 Å². The highest BCUT2D eigenvalue weighted by Gasteiger charge is 2.14. The van der Waals surface area contributed by atoms with Crippen LogP contribution in [0.3, 0.4) is 0 Å². The molecule has 90 valence electrons. The predicted octanol–water partition coefficient (Wildman–Crippen LogP) is 2.68. The van der Waals surface area contributed by atoms with E-state index >= 15 is 0 Å². The molecule has 0 radical (unpaired) electrons. The first-order chi connectivity index (χ1) is 8.06. The highest BCUT2D eigenvalue weighted by Crippen LogP contribution is 2.21. The Balaban J connectivity index is 2.64. The number of carbonyl (C=O) groups excluding carboxylic acids is 1. The van der Waals surface area contributed by atoms with Crippen molar-refractivity contribution in [2.24, 2.45) is 0 Å². The molecule has 0 saturated heterocycles. The molecule has 2 rings (SSSR count). The zero-order valence-electron chi connectivity index (χ0n) is 10.6. The van der Waals surface area contributed by atoms with Gasteiger partial charge in [-0.1, -0.05) is 0 Å². The molecule has 0 fully saturated rings. The predicted molar refractivity (Wildman–Crippen MR) is 66.8 cm³/mol. The molecule has 17 heavy (non-hydrogen) atoms. The van der Waals surface area contributed by atoms with Gasteiger partial charge in [0.25, 0.3) is 0 Å². The smallest absolute Gasteiger partial charge is 0.151 e. The van der Waals surface area contributed by atoms with E-state index in [4.69, 9.17) is 0 Å². The second-order valence-electron chi connectivity index (χ2n) is 4.51. The van der Waals surface area contributed by atoms with Gasteiger partial charge < -0.3 is 4.57 Å². The first kappa shape index (κ1) is 11.6. The number of rotatable bonds is 3. The Labute approximate surface area is 101 Å². The number of nitrogens with zero attached hydrogens (tertiary/aromatic N) is 3. The van der Waals surface area contributed by atoms with E-state index in [0.717, 1.165) is 29.1 Å². The zero-order valence-corrected chi connectivity index (χ0v) is 10.6. The molecule has 2 aromatic heterocycles. The van der Waals surface area contributed by atoms with Crippen LogP contribution >= 0.6 is 0 Å². The van der Waals surface area contributed by atoms with Gasteiger partial charge in [0.2, 0.25) is 0 Å². The van der Waals surface area contributed by atoms with Crippen LogP contribution in [0.4, 0.5) is 0 Å². The molecular weight excluding hydrogens is 214 g/mol. The quantitative estimate of drug-likeness (QED) is 0.762. The summed E-state index contributed by atoms with van der Waals surface area (Å²) >= 11 is 0. The van der Waals surface area contributed by atoms with E-state index in [0.29, 0.717) is 6.04 Å². The molecule has 0 aliphatic rings. The standard InChI is InChI=1S/C13H17N3O/c1-9(2)16-13(5-6-14-16)15-10(3)7-12(8-17)11(15)4/h5-9H,1-4H3. The lowest BCUT2D eigenvalue weighted by Gasteiger charge is -2.14. The Kier molecular flexibility index (Phi) is 2.88. The SMILES string of the molecule is Cc1cc(C=O)c(C)n1-c1ccnn1C(C)C. The number of hydrogen-bond donors (Lipinski definition) is 0. The zero-order chi connectivity index (χ0) is 12.6. The molecule has 2 heterocycles. The molecule has 0 atom stereocenters. The third-order valence-corrected chi connectivity index (χ3v) is 2.96. The van der Waals surface area contributed by atoms with E-state index in [1.54, 1.807) is 6.20 Å². The molecule has 0 saturated carbocycles. The third kappa shape index (κ3) is 1.79. The lowest BCUT2D eigenvalue weighted by Crippen LogP contribution is -2.11. The summed E-state index contributed by atoms with van der Waals surface area (Å²) in [6.07, 6.45) is 2.68. The summed E-state index contributed by atoms with van der Waals surface area (Å²) < 4.78 is 4.02. The molecule has 4 nitrogen and oxygen atoms in total. The first-order valence-corrected chi connectivity index (χ1v) is 5.74. The monoisotopic (exact) mass is 231 g/mol. The number of aryl methyl sites for hydroxylation is 1. The lowest BCUT2D eigenvalue weighted by molar-refractivity contribution is 0.112. The Morgan fingerprint density at radius 2 is 2.06 bits per heavy atom. The largest absolute Gasteiger partial charge is 0.303 e. The van der Waals surface area contributed by atoms with Crippen LogP contribution in [0.1, 0.15) is 41.6 Å². The summed E-state index contributed by atoms with van der Waals surface area (Å²) in [4.78, 5) is 10.9. The summed E-state index contributed by atoms with van der Waals surface area (Å²) in [5.41, 5.74) is 2.74. The van der Waals surface area contributed by atoms with Gasteiger partial charge in [-0.05, 0) is 33.8 Å². The molecule has 0 aliphatic carbocycles. The Morgan fingerprint density at radius 3 is 2.59 bits per heavy atom. The maximum absolute atomic E-state index is 10.9. The third-order valence-electron chi connectivity index (χ3n) is 2.96. The maximum Gasteiger partial charge on any atom is 0.151 e. The van der Waals surface area contributed by atoms with Gasteiger partial charge in [0.05, 0.1) is 6.20 Å². The van der Waals surface area contributed by atoms with Gasteiger partial charge in [-0.15, -0.1) is 0 Å². The van der Waals surface area contributed by atoms with Crippen LogP contribution in [0, 0.1) is 13.8 Å². The van der Waals surface area contributed by atoms with E-state index in [1.165, 1.54) is 0 Å². The van der Waals surface area contributed by atoms with E-state index < -0.39 is 0 Å². The van der Waals surface area contributed by atoms with Gasteiger partial charge >= 0.3 is 0 Å². The van der Waals surface area contributed by atoms with E-state index in [2.05, 4.69) is 23.5 Å². The van der Waals surface area contributed by atoms with E-state index in [1.807, 2.05) is 30.7 Å². The van der Waals surface area contributed by atoms with Crippen LogP contribution in [0.15, 0.2) is 18.3 Å². The minimum absolute atomic E-state index is 0.292. The van der Waals surface area contributed by atoms with Crippen molar-refractivity contribution in [1.82, 2.24) is 14.3 Å². The van der Waals surface area contributed by atoms with E-state index in [-0.39, 0.29) is 0 Å². The van der Waals surface area contributed by atoms with Crippen molar-refractivity contribution in [3.05, 3.63) is 35.3 Å². The van der Waals surface area contributed by atoms with Crippen LogP contribution in [-0.2, 0) is 0 Å². The van der Waals surface area contributed by atoms with Crippen LogP contribution in [-0.4, -0.2) is 20.6 Å². The average Bonchev–Trinajstić information content (AvgIpc) is 2.83. The Morgan fingerprint density at radius 1 is 1.35 bits per heavy atom. The summed E-state index contributed by atoms with van der Waals surface area (Å²) in [6.45, 7) is 8.13. The molecule has 0 aliphatic heterocycles. The Bertz CT molecular complexity index is 549. The molecule has 2 aromatic rings. The molecule has 0 N–H and O–H groups in total. The van der Waals surface area contributed by atoms with Gasteiger partial charge in [0, 0.05) is 29.1 Å². The highest BCUT2D eigenvalue weighted by atomic mass is 16.1. The van der Waals surface area contributed by atoms with Crippen LogP contribution in [0.5, 0.6) is 0 Å². The minimum atomic E-state index is 0.292. The summed E-state index contributed by atoms with van der Waals surface area (Å²) in [6, 6.07) is 4.16. The average molecular weight is 231 g/mol. The normalized spacial score (nSPS) is 11.1. The fourth-order valence-corrected chi connectivity index (χ4v) is 2.14.